The average Bonchev–Trinajstić information content (AvgIpc) is 3.11. The molecule has 1 aromatic heterocycles. The fourth-order valence-electron chi connectivity index (χ4n) is 2.05. The van der Waals surface area contributed by atoms with Crippen LogP contribution in [0.25, 0.3) is 11.0 Å². The van der Waals surface area contributed by atoms with Crippen LogP contribution in [-0.2, 0) is 11.3 Å². The highest BCUT2D eigenvalue weighted by atomic mass is 32.2. The first-order valence-corrected chi connectivity index (χ1v) is 7.12. The SMILES string of the molecule is O=C(O)CSc1nc2ccc(F)cc2n1CC1CC1. The van der Waals surface area contributed by atoms with E-state index < -0.39 is 5.97 Å². The lowest BCUT2D eigenvalue weighted by Crippen LogP contribution is -2.04. The molecule has 1 aliphatic carbocycles. The normalized spacial score (nSPS) is 15.0. The summed E-state index contributed by atoms with van der Waals surface area (Å²) in [6, 6.07) is 4.48. The molecule has 4 nitrogen and oxygen atoms in total. The van der Waals surface area contributed by atoms with Crippen molar-refractivity contribution in [3.63, 3.8) is 0 Å². The van der Waals surface area contributed by atoms with Crippen LogP contribution in [0.5, 0.6) is 0 Å². The van der Waals surface area contributed by atoms with Gasteiger partial charge in [-0.2, -0.15) is 0 Å². The van der Waals surface area contributed by atoms with Gasteiger partial charge in [0, 0.05) is 6.54 Å². The monoisotopic (exact) mass is 280 g/mol. The van der Waals surface area contributed by atoms with E-state index in [2.05, 4.69) is 4.98 Å². The Bertz CT molecular complexity index is 637. The number of halogens is 1. The largest absolute Gasteiger partial charge is 0.481 e. The molecule has 1 fully saturated rings. The Morgan fingerprint density at radius 1 is 1.53 bits per heavy atom. The molecule has 1 N–H and O–H groups in total. The van der Waals surface area contributed by atoms with Crippen molar-refractivity contribution < 1.29 is 14.3 Å². The molecule has 1 aromatic carbocycles. The summed E-state index contributed by atoms with van der Waals surface area (Å²) in [5, 5.41) is 9.42. The Hall–Kier alpha value is -1.56. The molecule has 0 spiro atoms. The van der Waals surface area contributed by atoms with Gasteiger partial charge in [-0.15, -0.1) is 0 Å². The predicted octanol–water partition coefficient (Wildman–Crippen LogP) is 2.76. The van der Waals surface area contributed by atoms with Gasteiger partial charge in [0.2, 0.25) is 0 Å². The molecule has 6 heteroatoms. The van der Waals surface area contributed by atoms with E-state index in [0.29, 0.717) is 11.1 Å². The van der Waals surface area contributed by atoms with Gasteiger partial charge in [0.1, 0.15) is 5.82 Å². The molecule has 100 valence electrons. The van der Waals surface area contributed by atoms with E-state index in [9.17, 15) is 9.18 Å². The number of carboxylic acid groups (broad SMARTS) is 1. The highest BCUT2D eigenvalue weighted by Gasteiger charge is 2.24. The highest BCUT2D eigenvalue weighted by molar-refractivity contribution is 7.99. The van der Waals surface area contributed by atoms with Crippen LogP contribution in [0, 0.1) is 11.7 Å². The van der Waals surface area contributed by atoms with Crippen LogP contribution in [0.4, 0.5) is 4.39 Å². The number of benzene rings is 1. The maximum atomic E-state index is 13.4. The van der Waals surface area contributed by atoms with E-state index in [4.69, 9.17) is 5.11 Å². The van der Waals surface area contributed by atoms with Crippen molar-refractivity contribution in [2.45, 2.75) is 24.5 Å². The van der Waals surface area contributed by atoms with Gasteiger partial charge >= 0.3 is 5.97 Å². The van der Waals surface area contributed by atoms with Crippen molar-refractivity contribution in [1.29, 1.82) is 0 Å². The third kappa shape index (κ3) is 2.73. The van der Waals surface area contributed by atoms with E-state index in [1.54, 1.807) is 6.07 Å². The molecule has 0 radical (unpaired) electrons. The van der Waals surface area contributed by atoms with Crippen LogP contribution in [0.1, 0.15) is 12.8 Å². The fourth-order valence-corrected chi connectivity index (χ4v) is 2.79. The molecule has 1 heterocycles. The molecule has 0 amide bonds. The standard InChI is InChI=1S/C13H13FN2O2S/c14-9-3-4-10-11(5-9)16(6-8-1-2-8)13(15-10)19-7-12(17)18/h3-5,8H,1-2,6-7H2,(H,17,18). The number of nitrogens with zero attached hydrogens (tertiary/aromatic N) is 2. The Labute approximate surface area is 113 Å². The van der Waals surface area contributed by atoms with Gasteiger partial charge in [0.15, 0.2) is 5.16 Å². The number of fused-ring (bicyclic) bond motifs is 1. The van der Waals surface area contributed by atoms with Crippen molar-refractivity contribution in [3.05, 3.63) is 24.0 Å². The van der Waals surface area contributed by atoms with Gasteiger partial charge in [0.05, 0.1) is 16.8 Å². The van der Waals surface area contributed by atoms with Gasteiger partial charge in [0.25, 0.3) is 0 Å². The zero-order chi connectivity index (χ0) is 13.4. The number of aliphatic carboxylic acids is 1. The Kier molecular flexibility index (Phi) is 3.18. The summed E-state index contributed by atoms with van der Waals surface area (Å²) in [5.74, 6) is -0.582. The third-order valence-electron chi connectivity index (χ3n) is 3.14. The topological polar surface area (TPSA) is 55.1 Å². The summed E-state index contributed by atoms with van der Waals surface area (Å²) in [6.07, 6.45) is 2.36. The molecule has 19 heavy (non-hydrogen) atoms. The first kappa shape index (κ1) is 12.5. The number of hydrogen-bond donors (Lipinski definition) is 1. The van der Waals surface area contributed by atoms with Gasteiger partial charge < -0.3 is 9.67 Å². The minimum atomic E-state index is -0.874. The second kappa shape index (κ2) is 4.85. The molecule has 2 aromatic rings. The summed E-state index contributed by atoms with van der Waals surface area (Å²) in [7, 11) is 0. The van der Waals surface area contributed by atoms with Crippen LogP contribution in [0.2, 0.25) is 0 Å². The van der Waals surface area contributed by atoms with Gasteiger partial charge in [-0.3, -0.25) is 4.79 Å². The van der Waals surface area contributed by atoms with Crippen LogP contribution >= 0.6 is 11.8 Å². The van der Waals surface area contributed by atoms with Crippen molar-refractivity contribution in [1.82, 2.24) is 9.55 Å². The molecule has 0 atom stereocenters. The first-order chi connectivity index (χ1) is 9.13. The van der Waals surface area contributed by atoms with Gasteiger partial charge in [-0.05, 0) is 37.0 Å². The lowest BCUT2D eigenvalue weighted by atomic mass is 10.3. The Morgan fingerprint density at radius 3 is 3.00 bits per heavy atom. The molecular formula is C13H13FN2O2S. The van der Waals surface area contributed by atoms with Crippen LogP contribution in [0.3, 0.4) is 0 Å². The number of imidazole rings is 1. The number of thioether (sulfide) groups is 1. The van der Waals surface area contributed by atoms with Gasteiger partial charge in [-0.1, -0.05) is 11.8 Å². The number of carboxylic acids is 1. The minimum Gasteiger partial charge on any atom is -0.481 e. The molecule has 1 aliphatic rings. The molecule has 0 aliphatic heterocycles. The van der Waals surface area contributed by atoms with Crippen molar-refractivity contribution >= 4 is 28.8 Å². The van der Waals surface area contributed by atoms with Crippen LogP contribution in [-0.4, -0.2) is 26.4 Å². The lowest BCUT2D eigenvalue weighted by Gasteiger charge is -2.06. The fraction of sp³-hybridized carbons (Fsp3) is 0.385. The summed E-state index contributed by atoms with van der Waals surface area (Å²) in [6.45, 7) is 0.794. The van der Waals surface area contributed by atoms with E-state index in [1.807, 2.05) is 4.57 Å². The maximum absolute atomic E-state index is 13.4. The van der Waals surface area contributed by atoms with Crippen LogP contribution in [0.15, 0.2) is 23.4 Å². The molecule has 0 bridgehead atoms. The molecule has 3 rings (SSSR count). The first-order valence-electron chi connectivity index (χ1n) is 6.14. The predicted molar refractivity (Wildman–Crippen MR) is 70.8 cm³/mol. The molecule has 0 unspecified atom stereocenters. The number of aromatic nitrogens is 2. The second-order valence-electron chi connectivity index (χ2n) is 4.76. The van der Waals surface area contributed by atoms with E-state index in [0.717, 1.165) is 17.6 Å². The molecule has 0 saturated heterocycles. The van der Waals surface area contributed by atoms with Crippen LogP contribution < -0.4 is 0 Å². The number of hydrogen-bond acceptors (Lipinski definition) is 3. The van der Waals surface area contributed by atoms with E-state index in [-0.39, 0.29) is 11.6 Å². The smallest absolute Gasteiger partial charge is 0.313 e. The Balaban J connectivity index is 2.00. The third-order valence-corrected chi connectivity index (χ3v) is 4.10. The lowest BCUT2D eigenvalue weighted by molar-refractivity contribution is -0.133. The highest BCUT2D eigenvalue weighted by Crippen LogP contribution is 2.34. The van der Waals surface area contributed by atoms with Crippen molar-refractivity contribution in [2.75, 3.05) is 5.75 Å². The zero-order valence-electron chi connectivity index (χ0n) is 10.2. The quantitative estimate of drug-likeness (QED) is 0.856. The van der Waals surface area contributed by atoms with Crippen molar-refractivity contribution in [2.24, 2.45) is 5.92 Å². The average molecular weight is 280 g/mol. The summed E-state index contributed by atoms with van der Waals surface area (Å²) >= 11 is 1.19. The number of carbonyl (C=O) groups is 1. The van der Waals surface area contributed by atoms with E-state index >= 15 is 0 Å². The molecule has 1 saturated carbocycles. The summed E-state index contributed by atoms with van der Waals surface area (Å²) in [4.78, 5) is 15.1. The second-order valence-corrected chi connectivity index (χ2v) is 5.71. The molecular weight excluding hydrogens is 267 g/mol. The van der Waals surface area contributed by atoms with E-state index in [1.165, 1.54) is 36.7 Å². The minimum absolute atomic E-state index is 0.0313. The summed E-state index contributed by atoms with van der Waals surface area (Å²) in [5.41, 5.74) is 1.47. The Morgan fingerprint density at radius 2 is 2.32 bits per heavy atom. The zero-order valence-corrected chi connectivity index (χ0v) is 11.0. The maximum Gasteiger partial charge on any atom is 0.313 e. The van der Waals surface area contributed by atoms with Crippen molar-refractivity contribution in [3.8, 4) is 0 Å². The van der Waals surface area contributed by atoms with Gasteiger partial charge in [-0.25, -0.2) is 9.37 Å². The summed E-state index contributed by atoms with van der Waals surface area (Å²) < 4.78 is 15.3. The number of rotatable bonds is 5.